The average Bonchev–Trinajstić information content (AvgIpc) is 3.14. The summed E-state index contributed by atoms with van der Waals surface area (Å²) in [6, 6.07) is 14.7. The molecule has 0 spiro atoms. The van der Waals surface area contributed by atoms with Crippen molar-refractivity contribution in [2.75, 3.05) is 41.4 Å². The molecule has 0 aromatic heterocycles. The summed E-state index contributed by atoms with van der Waals surface area (Å²) in [5.74, 6) is 1.79. The number of carbonyl (C=O) groups excluding carboxylic acids is 1. The topological polar surface area (TPSA) is 42.0 Å². The molecule has 5 heteroatoms. The fourth-order valence-corrected chi connectivity index (χ4v) is 3.93. The lowest BCUT2D eigenvalue weighted by Crippen LogP contribution is -2.36. The number of methoxy groups -OCH3 is 2. The summed E-state index contributed by atoms with van der Waals surface area (Å²) >= 11 is 0. The predicted octanol–water partition coefficient (Wildman–Crippen LogP) is 3.11. The number of ether oxygens (including phenoxy) is 2. The van der Waals surface area contributed by atoms with Crippen LogP contribution in [0, 0.1) is 6.92 Å². The molecule has 1 amide bonds. The zero-order valence-corrected chi connectivity index (χ0v) is 17.4. The van der Waals surface area contributed by atoms with Crippen LogP contribution in [0.3, 0.4) is 0 Å². The van der Waals surface area contributed by atoms with Gasteiger partial charge in [-0.05, 0) is 44.3 Å². The zero-order chi connectivity index (χ0) is 20.3. The molecule has 3 rings (SSSR count). The number of nitrogens with zero attached hydrogens (tertiary/aromatic N) is 2. The molecule has 2 aromatic carbocycles. The van der Waals surface area contributed by atoms with E-state index in [-0.39, 0.29) is 5.91 Å². The van der Waals surface area contributed by atoms with Gasteiger partial charge in [-0.3, -0.25) is 4.79 Å². The molecule has 0 saturated carbocycles. The van der Waals surface area contributed by atoms with Gasteiger partial charge in [0, 0.05) is 25.0 Å². The first kappa shape index (κ1) is 20.2. The first-order valence-corrected chi connectivity index (χ1v) is 9.64. The molecule has 1 fully saturated rings. The van der Waals surface area contributed by atoms with E-state index in [0.717, 1.165) is 18.7 Å². The Morgan fingerprint density at radius 3 is 2.32 bits per heavy atom. The van der Waals surface area contributed by atoms with Crippen LogP contribution in [0.15, 0.2) is 42.5 Å². The number of hydrogen-bond donors (Lipinski definition) is 0. The normalized spacial score (nSPS) is 19.1. The largest absolute Gasteiger partial charge is 0.493 e. The average molecular weight is 383 g/mol. The Kier molecular flexibility index (Phi) is 6.25. The number of likely N-dealkylation sites (tertiary alicyclic amines) is 1. The molecule has 0 aliphatic carbocycles. The maximum absolute atomic E-state index is 13.0. The Morgan fingerprint density at radius 2 is 1.71 bits per heavy atom. The van der Waals surface area contributed by atoms with E-state index in [1.807, 2.05) is 23.1 Å². The minimum absolute atomic E-state index is 0.147. The fourth-order valence-electron chi connectivity index (χ4n) is 3.93. The monoisotopic (exact) mass is 382 g/mol. The summed E-state index contributed by atoms with van der Waals surface area (Å²) in [4.78, 5) is 17.2. The number of likely N-dealkylation sites (N-methyl/N-ethyl adjacent to an activating group) is 1. The van der Waals surface area contributed by atoms with Crippen molar-refractivity contribution in [1.82, 2.24) is 9.80 Å². The highest BCUT2D eigenvalue weighted by Gasteiger charge is 2.37. The van der Waals surface area contributed by atoms with Crippen LogP contribution < -0.4 is 9.47 Å². The first-order valence-electron chi connectivity index (χ1n) is 9.64. The van der Waals surface area contributed by atoms with Crippen LogP contribution in [0.25, 0.3) is 0 Å². The van der Waals surface area contributed by atoms with Crippen LogP contribution in [-0.2, 0) is 11.2 Å². The van der Waals surface area contributed by atoms with Gasteiger partial charge in [0.1, 0.15) is 0 Å². The molecular formula is C23H30N2O3. The molecule has 1 aliphatic rings. The number of amides is 1. The maximum atomic E-state index is 13.0. The summed E-state index contributed by atoms with van der Waals surface area (Å²) < 4.78 is 10.6. The molecule has 1 aliphatic heterocycles. The molecule has 1 heterocycles. The summed E-state index contributed by atoms with van der Waals surface area (Å²) in [6.07, 6.45) is 0.362. The molecule has 150 valence electrons. The lowest BCUT2D eigenvalue weighted by molar-refractivity contribution is -0.129. The third kappa shape index (κ3) is 4.30. The Labute approximate surface area is 167 Å². The molecule has 28 heavy (non-hydrogen) atoms. The second kappa shape index (κ2) is 8.65. The van der Waals surface area contributed by atoms with Gasteiger partial charge >= 0.3 is 0 Å². The number of aryl methyl sites for hydroxylation is 1. The van der Waals surface area contributed by atoms with Gasteiger partial charge in [-0.15, -0.1) is 0 Å². The van der Waals surface area contributed by atoms with Gasteiger partial charge in [-0.1, -0.05) is 35.9 Å². The number of rotatable bonds is 6. The van der Waals surface area contributed by atoms with Gasteiger partial charge in [-0.25, -0.2) is 0 Å². The lowest BCUT2D eigenvalue weighted by atomic mass is 9.93. The second-order valence-electron chi connectivity index (χ2n) is 7.71. The predicted molar refractivity (Wildman–Crippen MR) is 111 cm³/mol. The highest BCUT2D eigenvalue weighted by molar-refractivity contribution is 5.79. The van der Waals surface area contributed by atoms with E-state index in [2.05, 4.69) is 50.2 Å². The van der Waals surface area contributed by atoms with E-state index in [0.29, 0.717) is 29.9 Å². The van der Waals surface area contributed by atoms with Crippen LogP contribution in [0.4, 0.5) is 0 Å². The van der Waals surface area contributed by atoms with Crippen LogP contribution in [0.5, 0.6) is 11.5 Å². The van der Waals surface area contributed by atoms with Crippen molar-refractivity contribution in [3.05, 3.63) is 59.2 Å². The van der Waals surface area contributed by atoms with Gasteiger partial charge in [0.05, 0.1) is 20.6 Å². The van der Waals surface area contributed by atoms with Crippen molar-refractivity contribution >= 4 is 5.91 Å². The highest BCUT2D eigenvalue weighted by Crippen LogP contribution is 2.32. The smallest absolute Gasteiger partial charge is 0.227 e. The van der Waals surface area contributed by atoms with Gasteiger partial charge < -0.3 is 19.3 Å². The molecule has 0 radical (unpaired) electrons. The molecular weight excluding hydrogens is 352 g/mol. The van der Waals surface area contributed by atoms with Crippen LogP contribution >= 0.6 is 0 Å². The van der Waals surface area contributed by atoms with Crippen molar-refractivity contribution < 1.29 is 14.3 Å². The van der Waals surface area contributed by atoms with Crippen molar-refractivity contribution in [1.29, 1.82) is 0 Å². The van der Waals surface area contributed by atoms with Crippen molar-refractivity contribution in [2.24, 2.45) is 0 Å². The first-order chi connectivity index (χ1) is 13.4. The van der Waals surface area contributed by atoms with E-state index >= 15 is 0 Å². The van der Waals surface area contributed by atoms with Crippen LogP contribution in [0.2, 0.25) is 0 Å². The molecule has 2 atom stereocenters. The van der Waals surface area contributed by atoms with E-state index < -0.39 is 0 Å². The Balaban J connectivity index is 1.74. The molecule has 2 aromatic rings. The standard InChI is InChI=1S/C23H30N2O3/c1-16-6-9-18(10-7-16)19-14-25(15-20(19)24(2)3)23(26)13-17-8-11-21(27-4)22(12-17)28-5/h6-12,19-20H,13-15H2,1-5H3/t19-,20+/m0/s1. The summed E-state index contributed by atoms with van der Waals surface area (Å²) in [5, 5.41) is 0. The van der Waals surface area contributed by atoms with E-state index in [4.69, 9.17) is 9.47 Å². The number of benzene rings is 2. The minimum Gasteiger partial charge on any atom is -0.493 e. The fraction of sp³-hybridized carbons (Fsp3) is 0.435. The van der Waals surface area contributed by atoms with Gasteiger partial charge in [0.25, 0.3) is 0 Å². The molecule has 0 N–H and O–H groups in total. The summed E-state index contributed by atoms with van der Waals surface area (Å²) in [6.45, 7) is 3.59. The van der Waals surface area contributed by atoms with Gasteiger partial charge in [0.2, 0.25) is 5.91 Å². The molecule has 5 nitrogen and oxygen atoms in total. The third-order valence-electron chi connectivity index (χ3n) is 5.61. The maximum Gasteiger partial charge on any atom is 0.227 e. The lowest BCUT2D eigenvalue weighted by Gasteiger charge is -2.25. The Bertz CT molecular complexity index is 817. The SMILES string of the molecule is COc1ccc(CC(=O)N2C[C@@H](N(C)C)[C@H](c3ccc(C)cc3)C2)cc1OC. The number of hydrogen-bond acceptors (Lipinski definition) is 4. The van der Waals surface area contributed by atoms with Crippen LogP contribution in [-0.4, -0.2) is 63.2 Å². The van der Waals surface area contributed by atoms with E-state index in [1.54, 1.807) is 14.2 Å². The second-order valence-corrected chi connectivity index (χ2v) is 7.71. The quantitative estimate of drug-likeness (QED) is 0.770. The highest BCUT2D eigenvalue weighted by atomic mass is 16.5. The molecule has 0 bridgehead atoms. The van der Waals surface area contributed by atoms with Crippen molar-refractivity contribution in [3.8, 4) is 11.5 Å². The van der Waals surface area contributed by atoms with Crippen LogP contribution in [0.1, 0.15) is 22.6 Å². The molecule has 1 saturated heterocycles. The number of carbonyl (C=O) groups is 1. The Morgan fingerprint density at radius 1 is 1.04 bits per heavy atom. The summed E-state index contributed by atoms with van der Waals surface area (Å²) in [7, 11) is 7.40. The minimum atomic E-state index is 0.147. The van der Waals surface area contributed by atoms with Gasteiger partial charge in [-0.2, -0.15) is 0 Å². The third-order valence-corrected chi connectivity index (χ3v) is 5.61. The van der Waals surface area contributed by atoms with Crippen molar-refractivity contribution in [3.63, 3.8) is 0 Å². The zero-order valence-electron chi connectivity index (χ0n) is 17.4. The van der Waals surface area contributed by atoms with E-state index in [1.165, 1.54) is 11.1 Å². The Hall–Kier alpha value is -2.53. The van der Waals surface area contributed by atoms with Crippen molar-refractivity contribution in [2.45, 2.75) is 25.3 Å². The van der Waals surface area contributed by atoms with Gasteiger partial charge in [0.15, 0.2) is 11.5 Å². The summed E-state index contributed by atoms with van der Waals surface area (Å²) in [5.41, 5.74) is 3.48. The molecule has 0 unspecified atom stereocenters. The van der Waals surface area contributed by atoms with E-state index in [9.17, 15) is 4.79 Å².